The lowest BCUT2D eigenvalue weighted by atomic mass is 9.84. The summed E-state index contributed by atoms with van der Waals surface area (Å²) in [6.07, 6.45) is 5.91. The molecule has 0 radical (unpaired) electrons. The molecule has 1 amide bonds. The van der Waals surface area contributed by atoms with Gasteiger partial charge in [0.05, 0.1) is 0 Å². The summed E-state index contributed by atoms with van der Waals surface area (Å²) in [7, 11) is 0. The average molecular weight is 264 g/mol. The summed E-state index contributed by atoms with van der Waals surface area (Å²) >= 11 is 0. The number of nitrogens with one attached hydrogen (secondary N) is 1. The minimum Gasteiger partial charge on any atom is -0.348 e. The Morgan fingerprint density at radius 1 is 1.37 bits per heavy atom. The van der Waals surface area contributed by atoms with Crippen molar-refractivity contribution in [3.05, 3.63) is 35.6 Å². The van der Waals surface area contributed by atoms with Crippen molar-refractivity contribution in [2.24, 2.45) is 11.7 Å². The normalized spacial score (nSPS) is 18.0. The Kier molecular flexibility index (Phi) is 4.91. The summed E-state index contributed by atoms with van der Waals surface area (Å²) in [5.41, 5.74) is 6.13. The Hall–Kier alpha value is -1.42. The van der Waals surface area contributed by atoms with Gasteiger partial charge in [-0.05, 0) is 37.0 Å². The monoisotopic (exact) mass is 264 g/mol. The molecular weight excluding hydrogens is 243 g/mol. The molecule has 104 valence electrons. The average Bonchev–Trinajstić information content (AvgIpc) is 2.45. The van der Waals surface area contributed by atoms with Crippen LogP contribution < -0.4 is 11.1 Å². The van der Waals surface area contributed by atoms with Crippen molar-refractivity contribution in [3.8, 4) is 0 Å². The standard InChI is InChI=1S/C15H21FN2O/c16-13-8-4-7-12(9-13)15(19)18-14(10-17)11-5-2-1-3-6-11/h4,7-9,11,14H,1-3,5-6,10,17H2,(H,18,19). The Bertz CT molecular complexity index is 430. The van der Waals surface area contributed by atoms with E-state index in [1.54, 1.807) is 12.1 Å². The predicted octanol–water partition coefficient (Wildman–Crippen LogP) is 2.46. The molecule has 2 rings (SSSR count). The van der Waals surface area contributed by atoms with Crippen molar-refractivity contribution >= 4 is 5.91 Å². The summed E-state index contributed by atoms with van der Waals surface area (Å²) in [6, 6.07) is 5.74. The first kappa shape index (κ1) is 14.0. The molecule has 19 heavy (non-hydrogen) atoms. The van der Waals surface area contributed by atoms with Crippen LogP contribution >= 0.6 is 0 Å². The molecule has 0 bridgehead atoms. The number of amides is 1. The first-order valence-corrected chi connectivity index (χ1v) is 6.97. The molecule has 1 atom stereocenters. The molecule has 0 saturated heterocycles. The van der Waals surface area contributed by atoms with Crippen LogP contribution in [0, 0.1) is 11.7 Å². The van der Waals surface area contributed by atoms with Crippen LogP contribution in [0.15, 0.2) is 24.3 Å². The van der Waals surface area contributed by atoms with E-state index >= 15 is 0 Å². The minimum atomic E-state index is -0.394. The van der Waals surface area contributed by atoms with Crippen LogP contribution in [0.3, 0.4) is 0 Å². The molecule has 1 aliphatic carbocycles. The van der Waals surface area contributed by atoms with Crippen molar-refractivity contribution in [2.75, 3.05) is 6.54 Å². The van der Waals surface area contributed by atoms with Crippen molar-refractivity contribution in [3.63, 3.8) is 0 Å². The molecule has 1 aromatic rings. The van der Waals surface area contributed by atoms with Gasteiger partial charge in [-0.1, -0.05) is 25.3 Å². The highest BCUT2D eigenvalue weighted by Crippen LogP contribution is 2.26. The van der Waals surface area contributed by atoms with E-state index in [2.05, 4.69) is 5.32 Å². The highest BCUT2D eigenvalue weighted by molar-refractivity contribution is 5.94. The summed E-state index contributed by atoms with van der Waals surface area (Å²) < 4.78 is 13.1. The molecule has 3 nitrogen and oxygen atoms in total. The first-order valence-electron chi connectivity index (χ1n) is 6.97. The number of rotatable bonds is 4. The summed E-state index contributed by atoms with van der Waals surface area (Å²) in [6.45, 7) is 0.436. The summed E-state index contributed by atoms with van der Waals surface area (Å²) in [5, 5.41) is 2.95. The van der Waals surface area contributed by atoms with Gasteiger partial charge >= 0.3 is 0 Å². The Labute approximate surface area is 113 Å². The third-order valence-electron chi connectivity index (χ3n) is 3.88. The molecule has 1 aromatic carbocycles. The Balaban J connectivity index is 1.99. The van der Waals surface area contributed by atoms with Gasteiger partial charge in [-0.15, -0.1) is 0 Å². The van der Waals surface area contributed by atoms with Gasteiger partial charge in [0.15, 0.2) is 0 Å². The van der Waals surface area contributed by atoms with E-state index in [0.717, 1.165) is 12.8 Å². The molecule has 1 fully saturated rings. The topological polar surface area (TPSA) is 55.1 Å². The minimum absolute atomic E-state index is 0.00364. The fourth-order valence-corrected chi connectivity index (χ4v) is 2.79. The van der Waals surface area contributed by atoms with E-state index in [-0.39, 0.29) is 11.9 Å². The van der Waals surface area contributed by atoms with Crippen LogP contribution in [-0.4, -0.2) is 18.5 Å². The molecule has 0 spiro atoms. The third-order valence-corrected chi connectivity index (χ3v) is 3.88. The van der Waals surface area contributed by atoms with Gasteiger partial charge in [0.25, 0.3) is 5.91 Å². The SMILES string of the molecule is NCC(NC(=O)c1cccc(F)c1)C1CCCCC1. The zero-order valence-electron chi connectivity index (χ0n) is 11.1. The predicted molar refractivity (Wildman–Crippen MR) is 73.3 cm³/mol. The van der Waals surface area contributed by atoms with Gasteiger partial charge in [0.1, 0.15) is 5.82 Å². The van der Waals surface area contributed by atoms with Gasteiger partial charge in [-0.2, -0.15) is 0 Å². The van der Waals surface area contributed by atoms with E-state index < -0.39 is 5.82 Å². The van der Waals surface area contributed by atoms with Crippen molar-refractivity contribution in [1.82, 2.24) is 5.32 Å². The van der Waals surface area contributed by atoms with E-state index in [1.807, 2.05) is 0 Å². The molecule has 0 heterocycles. The third kappa shape index (κ3) is 3.77. The second-order valence-electron chi connectivity index (χ2n) is 5.22. The van der Waals surface area contributed by atoms with Crippen LogP contribution in [0.4, 0.5) is 4.39 Å². The molecular formula is C15H21FN2O. The highest BCUT2D eigenvalue weighted by Gasteiger charge is 2.24. The Morgan fingerprint density at radius 2 is 2.11 bits per heavy atom. The van der Waals surface area contributed by atoms with Crippen LogP contribution in [-0.2, 0) is 0 Å². The largest absolute Gasteiger partial charge is 0.348 e. The molecule has 4 heteroatoms. The van der Waals surface area contributed by atoms with Crippen molar-refractivity contribution in [2.45, 2.75) is 38.1 Å². The number of carbonyl (C=O) groups excluding carboxylic acids is 1. The molecule has 0 aliphatic heterocycles. The van der Waals surface area contributed by atoms with Gasteiger partial charge < -0.3 is 11.1 Å². The summed E-state index contributed by atoms with van der Waals surface area (Å²) in [4.78, 5) is 12.1. The van der Waals surface area contributed by atoms with E-state index in [4.69, 9.17) is 5.73 Å². The number of hydrogen-bond acceptors (Lipinski definition) is 2. The lowest BCUT2D eigenvalue weighted by molar-refractivity contribution is 0.0915. The van der Waals surface area contributed by atoms with E-state index in [9.17, 15) is 9.18 Å². The maximum absolute atomic E-state index is 13.1. The Morgan fingerprint density at radius 3 is 2.74 bits per heavy atom. The van der Waals surface area contributed by atoms with Crippen molar-refractivity contribution < 1.29 is 9.18 Å². The zero-order valence-corrected chi connectivity index (χ0v) is 11.1. The zero-order chi connectivity index (χ0) is 13.7. The van der Waals surface area contributed by atoms with Crippen LogP contribution in [0.25, 0.3) is 0 Å². The van der Waals surface area contributed by atoms with Crippen molar-refractivity contribution in [1.29, 1.82) is 0 Å². The quantitative estimate of drug-likeness (QED) is 0.877. The van der Waals surface area contributed by atoms with Gasteiger partial charge in [0.2, 0.25) is 0 Å². The fraction of sp³-hybridized carbons (Fsp3) is 0.533. The van der Waals surface area contributed by atoms with E-state index in [1.165, 1.54) is 31.4 Å². The van der Waals surface area contributed by atoms with Gasteiger partial charge in [0, 0.05) is 18.2 Å². The van der Waals surface area contributed by atoms with Crippen LogP contribution in [0.1, 0.15) is 42.5 Å². The highest BCUT2D eigenvalue weighted by atomic mass is 19.1. The van der Waals surface area contributed by atoms with Gasteiger partial charge in [-0.3, -0.25) is 4.79 Å². The molecule has 0 aromatic heterocycles. The number of nitrogens with two attached hydrogens (primary N) is 1. The number of benzene rings is 1. The van der Waals surface area contributed by atoms with Gasteiger partial charge in [-0.25, -0.2) is 4.39 Å². The first-order chi connectivity index (χ1) is 9.20. The molecule has 3 N–H and O–H groups in total. The second kappa shape index (κ2) is 6.66. The lowest BCUT2D eigenvalue weighted by Gasteiger charge is -2.30. The second-order valence-corrected chi connectivity index (χ2v) is 5.22. The molecule has 1 unspecified atom stereocenters. The smallest absolute Gasteiger partial charge is 0.251 e. The van der Waals surface area contributed by atoms with Crippen LogP contribution in [0.5, 0.6) is 0 Å². The maximum atomic E-state index is 13.1. The van der Waals surface area contributed by atoms with Crippen LogP contribution in [0.2, 0.25) is 0 Å². The number of hydrogen-bond donors (Lipinski definition) is 2. The van der Waals surface area contributed by atoms with E-state index in [0.29, 0.717) is 18.0 Å². The lowest BCUT2D eigenvalue weighted by Crippen LogP contribution is -2.45. The number of halogens is 1. The molecule has 1 aliphatic rings. The molecule has 1 saturated carbocycles. The number of carbonyl (C=O) groups is 1. The fourth-order valence-electron chi connectivity index (χ4n) is 2.79. The summed E-state index contributed by atoms with van der Waals surface area (Å²) in [5.74, 6) is -0.175. The maximum Gasteiger partial charge on any atom is 0.251 e.